The highest BCUT2D eigenvalue weighted by Crippen LogP contribution is 2.21. The van der Waals surface area contributed by atoms with Gasteiger partial charge < -0.3 is 5.11 Å². The first-order valence-corrected chi connectivity index (χ1v) is 6.20. The van der Waals surface area contributed by atoms with Crippen LogP contribution in [-0.2, 0) is 9.84 Å². The normalized spacial score (nSPS) is 11.1. The molecule has 0 radical (unpaired) electrons. The Labute approximate surface area is 92.6 Å². The largest absolute Gasteiger partial charge is 0.478 e. The van der Waals surface area contributed by atoms with Gasteiger partial charge in [-0.3, -0.25) is 4.79 Å². The number of benzene rings is 1. The fourth-order valence-electron chi connectivity index (χ4n) is 1.41. The van der Waals surface area contributed by atoms with Crippen LogP contribution in [0.4, 0.5) is 0 Å². The van der Waals surface area contributed by atoms with Gasteiger partial charge in [-0.15, -0.1) is 0 Å². The van der Waals surface area contributed by atoms with Gasteiger partial charge in [0.25, 0.3) is 0 Å². The van der Waals surface area contributed by atoms with Crippen LogP contribution in [0.15, 0.2) is 17.0 Å². The Bertz CT molecular complexity index is 557. The maximum atomic E-state index is 11.3. The van der Waals surface area contributed by atoms with Crippen LogP contribution < -0.4 is 0 Å². The Balaban J connectivity index is 3.67. The number of rotatable bonds is 3. The SMILES string of the molecule is Cc1c(C(=O)O)ccc(S(C)(=O)=O)c1C=O. The molecule has 0 spiro atoms. The van der Waals surface area contributed by atoms with E-state index in [4.69, 9.17) is 5.11 Å². The standard InChI is InChI=1S/C10H10O5S/c1-6-7(10(12)13)3-4-9(8(6)5-11)16(2,14)15/h3-5H,1-2H3,(H,12,13). The van der Waals surface area contributed by atoms with Crippen LogP contribution in [0.1, 0.15) is 26.3 Å². The zero-order valence-electron chi connectivity index (χ0n) is 8.72. The summed E-state index contributed by atoms with van der Waals surface area (Å²) in [7, 11) is -3.53. The van der Waals surface area contributed by atoms with E-state index in [0.29, 0.717) is 6.29 Å². The Hall–Kier alpha value is -1.69. The first kappa shape index (κ1) is 12.4. The van der Waals surface area contributed by atoms with Gasteiger partial charge in [-0.05, 0) is 24.6 Å². The van der Waals surface area contributed by atoms with E-state index >= 15 is 0 Å². The molecule has 0 saturated carbocycles. The van der Waals surface area contributed by atoms with E-state index in [1.165, 1.54) is 13.0 Å². The van der Waals surface area contributed by atoms with E-state index in [9.17, 15) is 18.0 Å². The lowest BCUT2D eigenvalue weighted by Crippen LogP contribution is -2.08. The molecule has 0 fully saturated rings. The first-order valence-electron chi connectivity index (χ1n) is 4.31. The molecule has 0 atom stereocenters. The van der Waals surface area contributed by atoms with Gasteiger partial charge >= 0.3 is 5.97 Å². The topological polar surface area (TPSA) is 88.5 Å². The molecular weight excluding hydrogens is 232 g/mol. The molecular formula is C10H10O5S. The van der Waals surface area contributed by atoms with Crippen LogP contribution in [0.25, 0.3) is 0 Å². The molecule has 0 aliphatic heterocycles. The van der Waals surface area contributed by atoms with E-state index < -0.39 is 15.8 Å². The van der Waals surface area contributed by atoms with Crippen molar-refractivity contribution in [3.63, 3.8) is 0 Å². The van der Waals surface area contributed by atoms with Crippen molar-refractivity contribution in [3.05, 3.63) is 28.8 Å². The van der Waals surface area contributed by atoms with Gasteiger partial charge in [-0.25, -0.2) is 13.2 Å². The second-order valence-corrected chi connectivity index (χ2v) is 5.33. The summed E-state index contributed by atoms with van der Waals surface area (Å²) in [6, 6.07) is 2.32. The average Bonchev–Trinajstić information content (AvgIpc) is 2.15. The third-order valence-corrected chi connectivity index (χ3v) is 3.38. The zero-order chi connectivity index (χ0) is 12.5. The highest BCUT2D eigenvalue weighted by atomic mass is 32.2. The second-order valence-electron chi connectivity index (χ2n) is 3.35. The Morgan fingerprint density at radius 3 is 2.31 bits per heavy atom. The summed E-state index contributed by atoms with van der Waals surface area (Å²) >= 11 is 0. The smallest absolute Gasteiger partial charge is 0.335 e. The summed E-state index contributed by atoms with van der Waals surface area (Å²) in [4.78, 5) is 21.4. The quantitative estimate of drug-likeness (QED) is 0.796. The number of aldehydes is 1. The Kier molecular flexibility index (Phi) is 3.14. The van der Waals surface area contributed by atoms with Crippen LogP contribution in [0.2, 0.25) is 0 Å². The monoisotopic (exact) mass is 242 g/mol. The number of aromatic carboxylic acids is 1. The number of carbonyl (C=O) groups excluding carboxylic acids is 1. The van der Waals surface area contributed by atoms with Gasteiger partial charge in [0, 0.05) is 11.8 Å². The van der Waals surface area contributed by atoms with Crippen molar-refractivity contribution >= 4 is 22.1 Å². The summed E-state index contributed by atoms with van der Waals surface area (Å²) in [5.41, 5.74) is -0.0117. The number of sulfone groups is 1. The first-order chi connectivity index (χ1) is 7.29. The highest BCUT2D eigenvalue weighted by molar-refractivity contribution is 7.90. The number of carboxylic acids is 1. The van der Waals surface area contributed by atoms with Gasteiger partial charge in [0.05, 0.1) is 10.5 Å². The summed E-state index contributed by atoms with van der Waals surface area (Å²) in [6.07, 6.45) is 1.33. The van der Waals surface area contributed by atoms with E-state index in [-0.39, 0.29) is 21.6 Å². The fourth-order valence-corrected chi connectivity index (χ4v) is 2.32. The average molecular weight is 242 g/mol. The van der Waals surface area contributed by atoms with E-state index in [0.717, 1.165) is 12.3 Å². The van der Waals surface area contributed by atoms with Crippen LogP contribution in [-0.4, -0.2) is 32.0 Å². The molecule has 0 saturated heterocycles. The molecule has 1 rings (SSSR count). The van der Waals surface area contributed by atoms with Crippen LogP contribution in [0, 0.1) is 6.92 Å². The third-order valence-electron chi connectivity index (χ3n) is 2.22. The van der Waals surface area contributed by atoms with Gasteiger partial charge in [0.2, 0.25) is 0 Å². The van der Waals surface area contributed by atoms with Crippen molar-refractivity contribution in [3.8, 4) is 0 Å². The van der Waals surface area contributed by atoms with Crippen molar-refractivity contribution in [2.75, 3.05) is 6.26 Å². The van der Waals surface area contributed by atoms with Gasteiger partial charge in [-0.2, -0.15) is 0 Å². The van der Waals surface area contributed by atoms with Crippen LogP contribution in [0.5, 0.6) is 0 Å². The minimum atomic E-state index is -3.53. The predicted molar refractivity (Wildman–Crippen MR) is 56.6 cm³/mol. The third kappa shape index (κ3) is 2.11. The molecule has 1 aromatic rings. The lowest BCUT2D eigenvalue weighted by Gasteiger charge is -2.08. The number of hydrogen-bond acceptors (Lipinski definition) is 4. The summed E-state index contributed by atoms with van der Waals surface area (Å²) in [5, 5.41) is 8.81. The predicted octanol–water partition coefficient (Wildman–Crippen LogP) is 0.909. The molecule has 0 heterocycles. The van der Waals surface area contributed by atoms with Gasteiger partial charge in [0.1, 0.15) is 0 Å². The van der Waals surface area contributed by atoms with E-state index in [1.807, 2.05) is 0 Å². The van der Waals surface area contributed by atoms with Crippen molar-refractivity contribution < 1.29 is 23.1 Å². The molecule has 1 N–H and O–H groups in total. The van der Waals surface area contributed by atoms with Crippen molar-refractivity contribution in [1.82, 2.24) is 0 Å². The van der Waals surface area contributed by atoms with Crippen LogP contribution >= 0.6 is 0 Å². The molecule has 0 unspecified atom stereocenters. The molecule has 0 aliphatic carbocycles. The maximum Gasteiger partial charge on any atom is 0.335 e. The fraction of sp³-hybridized carbons (Fsp3) is 0.200. The number of carbonyl (C=O) groups is 2. The van der Waals surface area contributed by atoms with Gasteiger partial charge in [-0.1, -0.05) is 0 Å². The van der Waals surface area contributed by atoms with E-state index in [1.54, 1.807) is 0 Å². The van der Waals surface area contributed by atoms with Crippen molar-refractivity contribution in [2.45, 2.75) is 11.8 Å². The molecule has 0 amide bonds. The zero-order valence-corrected chi connectivity index (χ0v) is 9.54. The van der Waals surface area contributed by atoms with Crippen LogP contribution in [0.3, 0.4) is 0 Å². The lowest BCUT2D eigenvalue weighted by atomic mass is 10.0. The van der Waals surface area contributed by atoms with Crippen molar-refractivity contribution in [1.29, 1.82) is 0 Å². The molecule has 0 bridgehead atoms. The minimum absolute atomic E-state index is 0.0745. The molecule has 1 aromatic carbocycles. The number of carboxylic acid groups (broad SMARTS) is 1. The second kappa shape index (κ2) is 4.05. The molecule has 5 nitrogen and oxygen atoms in total. The van der Waals surface area contributed by atoms with Gasteiger partial charge in [0.15, 0.2) is 16.1 Å². The van der Waals surface area contributed by atoms with Crippen molar-refractivity contribution in [2.24, 2.45) is 0 Å². The lowest BCUT2D eigenvalue weighted by molar-refractivity contribution is 0.0696. The summed E-state index contributed by atoms with van der Waals surface area (Å²) < 4.78 is 22.7. The summed E-state index contributed by atoms with van der Waals surface area (Å²) in [6.45, 7) is 1.40. The minimum Gasteiger partial charge on any atom is -0.478 e. The number of hydrogen-bond donors (Lipinski definition) is 1. The molecule has 86 valence electrons. The summed E-state index contributed by atoms with van der Waals surface area (Å²) in [5.74, 6) is -1.19. The molecule has 16 heavy (non-hydrogen) atoms. The van der Waals surface area contributed by atoms with E-state index in [2.05, 4.69) is 0 Å². The Morgan fingerprint density at radius 2 is 1.94 bits per heavy atom. The Morgan fingerprint density at radius 1 is 1.38 bits per heavy atom. The molecule has 0 aromatic heterocycles. The highest BCUT2D eigenvalue weighted by Gasteiger charge is 2.19. The molecule has 0 aliphatic rings. The maximum absolute atomic E-state index is 11.3. The molecule has 6 heteroatoms.